The third-order valence-corrected chi connectivity index (χ3v) is 4.25. The molecule has 0 aromatic heterocycles. The molecular formula is C15H30N2O2. The van der Waals surface area contributed by atoms with E-state index in [1.807, 2.05) is 18.7 Å². The molecule has 2 unspecified atom stereocenters. The number of rotatable bonds is 8. The van der Waals surface area contributed by atoms with Crippen molar-refractivity contribution in [2.24, 2.45) is 0 Å². The van der Waals surface area contributed by atoms with Crippen molar-refractivity contribution in [1.82, 2.24) is 10.2 Å². The lowest BCUT2D eigenvalue weighted by molar-refractivity contribution is -0.153. The highest BCUT2D eigenvalue weighted by molar-refractivity contribution is 5.84. The van der Waals surface area contributed by atoms with E-state index in [4.69, 9.17) is 4.74 Å². The van der Waals surface area contributed by atoms with Gasteiger partial charge >= 0.3 is 0 Å². The predicted molar refractivity (Wildman–Crippen MR) is 78.2 cm³/mol. The van der Waals surface area contributed by atoms with E-state index in [1.165, 1.54) is 12.8 Å². The Morgan fingerprint density at radius 2 is 2.21 bits per heavy atom. The van der Waals surface area contributed by atoms with E-state index in [2.05, 4.69) is 12.2 Å². The molecule has 4 nitrogen and oxygen atoms in total. The van der Waals surface area contributed by atoms with Crippen LogP contribution in [0.4, 0.5) is 0 Å². The lowest BCUT2D eigenvalue weighted by Crippen LogP contribution is -2.51. The summed E-state index contributed by atoms with van der Waals surface area (Å²) in [4.78, 5) is 14.7. The van der Waals surface area contributed by atoms with Crippen molar-refractivity contribution < 1.29 is 9.53 Å². The second kappa shape index (κ2) is 7.85. The summed E-state index contributed by atoms with van der Waals surface area (Å²) in [6, 6.07) is 0.457. The highest BCUT2D eigenvalue weighted by atomic mass is 16.5. The van der Waals surface area contributed by atoms with Crippen LogP contribution in [0, 0.1) is 0 Å². The lowest BCUT2D eigenvalue weighted by atomic mass is 10.0. The molecule has 2 atom stereocenters. The molecular weight excluding hydrogens is 240 g/mol. The second-order valence-electron chi connectivity index (χ2n) is 5.69. The summed E-state index contributed by atoms with van der Waals surface area (Å²) in [6.45, 7) is 8.80. The molecule has 1 N–H and O–H groups in total. The van der Waals surface area contributed by atoms with Crippen molar-refractivity contribution in [3.8, 4) is 0 Å². The van der Waals surface area contributed by atoms with Crippen molar-refractivity contribution in [3.63, 3.8) is 0 Å². The Morgan fingerprint density at radius 1 is 1.47 bits per heavy atom. The Kier molecular flexibility index (Phi) is 6.80. The smallest absolute Gasteiger partial charge is 0.254 e. The van der Waals surface area contributed by atoms with Crippen LogP contribution in [0.1, 0.15) is 52.9 Å². The third kappa shape index (κ3) is 4.46. The number of carbonyl (C=O) groups is 1. The van der Waals surface area contributed by atoms with E-state index < -0.39 is 5.60 Å². The quantitative estimate of drug-likeness (QED) is 0.735. The van der Waals surface area contributed by atoms with Gasteiger partial charge in [0.25, 0.3) is 5.91 Å². The van der Waals surface area contributed by atoms with Gasteiger partial charge in [0, 0.05) is 26.2 Å². The third-order valence-electron chi connectivity index (χ3n) is 4.25. The summed E-state index contributed by atoms with van der Waals surface area (Å²) in [7, 11) is 1.63. The fraction of sp³-hybridized carbons (Fsp3) is 0.933. The van der Waals surface area contributed by atoms with Gasteiger partial charge in [-0.1, -0.05) is 20.3 Å². The van der Waals surface area contributed by atoms with E-state index in [1.54, 1.807) is 7.11 Å². The molecule has 0 saturated carbocycles. The Balaban J connectivity index is 2.67. The molecule has 1 aliphatic heterocycles. The van der Waals surface area contributed by atoms with E-state index in [-0.39, 0.29) is 5.91 Å². The van der Waals surface area contributed by atoms with E-state index >= 15 is 0 Å². The van der Waals surface area contributed by atoms with Crippen LogP contribution in [0.2, 0.25) is 0 Å². The lowest BCUT2D eigenvalue weighted by Gasteiger charge is -2.34. The fourth-order valence-electron chi connectivity index (χ4n) is 2.52. The van der Waals surface area contributed by atoms with Crippen LogP contribution in [-0.4, -0.2) is 49.2 Å². The van der Waals surface area contributed by atoms with Gasteiger partial charge in [0.05, 0.1) is 0 Å². The summed E-state index contributed by atoms with van der Waals surface area (Å²) in [6.07, 6.45) is 5.27. The maximum atomic E-state index is 12.7. The van der Waals surface area contributed by atoms with Crippen LogP contribution < -0.4 is 5.32 Å². The van der Waals surface area contributed by atoms with Gasteiger partial charge in [-0.15, -0.1) is 0 Å². The summed E-state index contributed by atoms with van der Waals surface area (Å²) in [5.41, 5.74) is -0.674. The summed E-state index contributed by atoms with van der Waals surface area (Å²) in [5, 5.41) is 3.47. The normalized spacial score (nSPS) is 22.2. The first kappa shape index (κ1) is 16.4. The monoisotopic (exact) mass is 270 g/mol. The number of hydrogen-bond acceptors (Lipinski definition) is 3. The molecule has 1 aliphatic rings. The number of unbranched alkanes of at least 4 members (excludes halogenated alkanes) is 1. The fourth-order valence-corrected chi connectivity index (χ4v) is 2.52. The highest BCUT2D eigenvalue weighted by Gasteiger charge is 2.35. The van der Waals surface area contributed by atoms with Crippen LogP contribution >= 0.6 is 0 Å². The van der Waals surface area contributed by atoms with Crippen LogP contribution in [0.25, 0.3) is 0 Å². The first-order chi connectivity index (χ1) is 9.07. The van der Waals surface area contributed by atoms with E-state index in [9.17, 15) is 4.79 Å². The summed E-state index contributed by atoms with van der Waals surface area (Å²) in [5.74, 6) is 0.139. The maximum absolute atomic E-state index is 12.7. The number of nitrogens with one attached hydrogen (secondary N) is 1. The van der Waals surface area contributed by atoms with Crippen LogP contribution in [0.3, 0.4) is 0 Å². The van der Waals surface area contributed by atoms with E-state index in [0.717, 1.165) is 32.5 Å². The molecule has 1 fully saturated rings. The van der Waals surface area contributed by atoms with E-state index in [0.29, 0.717) is 12.5 Å². The standard InChI is InChI=1S/C15H30N2O2/c1-5-7-11-17(12-13-9-8-10-16-13)14(18)15(3,6-2)19-4/h13,16H,5-12H2,1-4H3. The molecule has 0 spiro atoms. The Bertz CT molecular complexity index is 271. The minimum atomic E-state index is -0.674. The molecule has 1 amide bonds. The number of hydrogen-bond donors (Lipinski definition) is 1. The molecule has 0 aliphatic carbocycles. The Hall–Kier alpha value is -0.610. The molecule has 112 valence electrons. The van der Waals surface area contributed by atoms with Crippen LogP contribution in [0.5, 0.6) is 0 Å². The van der Waals surface area contributed by atoms with Crippen molar-refractivity contribution in [2.75, 3.05) is 26.7 Å². The molecule has 1 heterocycles. The molecule has 1 rings (SSSR count). The Labute approximate surface area is 117 Å². The largest absolute Gasteiger partial charge is 0.369 e. The van der Waals surface area contributed by atoms with Gasteiger partial charge in [-0.25, -0.2) is 0 Å². The average Bonchev–Trinajstić information content (AvgIpc) is 2.94. The van der Waals surface area contributed by atoms with Gasteiger partial charge in [-0.05, 0) is 39.2 Å². The minimum Gasteiger partial charge on any atom is -0.369 e. The first-order valence-electron chi connectivity index (χ1n) is 7.65. The molecule has 19 heavy (non-hydrogen) atoms. The van der Waals surface area contributed by atoms with Crippen molar-refractivity contribution in [1.29, 1.82) is 0 Å². The number of ether oxygens (including phenoxy) is 1. The minimum absolute atomic E-state index is 0.139. The van der Waals surface area contributed by atoms with Crippen molar-refractivity contribution in [2.45, 2.75) is 64.5 Å². The number of carbonyl (C=O) groups excluding carboxylic acids is 1. The zero-order valence-electron chi connectivity index (χ0n) is 13.0. The second-order valence-corrected chi connectivity index (χ2v) is 5.69. The number of methoxy groups -OCH3 is 1. The van der Waals surface area contributed by atoms with Crippen molar-refractivity contribution in [3.05, 3.63) is 0 Å². The van der Waals surface area contributed by atoms with Gasteiger partial charge in [-0.3, -0.25) is 4.79 Å². The highest BCUT2D eigenvalue weighted by Crippen LogP contribution is 2.19. The predicted octanol–water partition coefficient (Wildman–Crippen LogP) is 2.18. The molecule has 4 heteroatoms. The molecule has 1 saturated heterocycles. The van der Waals surface area contributed by atoms with Gasteiger partial charge < -0.3 is 15.0 Å². The van der Waals surface area contributed by atoms with Crippen LogP contribution in [0.15, 0.2) is 0 Å². The van der Waals surface area contributed by atoms with Crippen LogP contribution in [-0.2, 0) is 9.53 Å². The summed E-state index contributed by atoms with van der Waals surface area (Å²) >= 11 is 0. The summed E-state index contributed by atoms with van der Waals surface area (Å²) < 4.78 is 5.46. The average molecular weight is 270 g/mol. The zero-order chi connectivity index (χ0) is 14.3. The Morgan fingerprint density at radius 3 is 2.68 bits per heavy atom. The molecule has 0 radical (unpaired) electrons. The first-order valence-corrected chi connectivity index (χ1v) is 7.65. The topological polar surface area (TPSA) is 41.6 Å². The SMILES string of the molecule is CCCCN(CC1CCCN1)C(=O)C(C)(CC)OC. The zero-order valence-corrected chi connectivity index (χ0v) is 13.0. The molecule has 0 bridgehead atoms. The van der Waals surface area contributed by atoms with Gasteiger partial charge in [0.1, 0.15) is 5.60 Å². The van der Waals surface area contributed by atoms with Gasteiger partial charge in [-0.2, -0.15) is 0 Å². The maximum Gasteiger partial charge on any atom is 0.254 e. The molecule has 0 aromatic carbocycles. The van der Waals surface area contributed by atoms with Gasteiger partial charge in [0.2, 0.25) is 0 Å². The number of nitrogens with zero attached hydrogens (tertiary/aromatic N) is 1. The van der Waals surface area contributed by atoms with Crippen molar-refractivity contribution >= 4 is 5.91 Å². The number of amides is 1. The molecule has 0 aromatic rings. The van der Waals surface area contributed by atoms with Gasteiger partial charge in [0.15, 0.2) is 0 Å².